The van der Waals surface area contributed by atoms with E-state index in [4.69, 9.17) is 10.2 Å². The molecule has 0 spiro atoms. The molecule has 0 bridgehead atoms. The zero-order chi connectivity index (χ0) is 15.2. The summed E-state index contributed by atoms with van der Waals surface area (Å²) in [5.41, 5.74) is 1.37. The number of hydrogen-bond acceptors (Lipinski definition) is 3. The normalized spacial score (nSPS) is 11.9. The van der Waals surface area contributed by atoms with E-state index in [-0.39, 0.29) is 0 Å². The van der Waals surface area contributed by atoms with Crippen LogP contribution >= 0.6 is 0 Å². The molecule has 1 atom stereocenters. The van der Waals surface area contributed by atoms with Crippen molar-refractivity contribution in [3.05, 3.63) is 59.9 Å². The third-order valence-corrected chi connectivity index (χ3v) is 3.04. The first-order valence-electron chi connectivity index (χ1n) is 6.45. The predicted molar refractivity (Wildman–Crippen MR) is 76.0 cm³/mol. The first-order chi connectivity index (χ1) is 10.1. The van der Waals surface area contributed by atoms with E-state index in [1.54, 1.807) is 22.9 Å². The van der Waals surface area contributed by atoms with E-state index in [1.165, 1.54) is 0 Å². The van der Waals surface area contributed by atoms with Crippen molar-refractivity contribution in [2.24, 2.45) is 0 Å². The second-order valence-electron chi connectivity index (χ2n) is 4.55. The Morgan fingerprint density at radius 1 is 1.14 bits per heavy atom. The van der Waals surface area contributed by atoms with Crippen molar-refractivity contribution in [2.75, 3.05) is 6.61 Å². The lowest BCUT2D eigenvalue weighted by Gasteiger charge is -2.13. The van der Waals surface area contributed by atoms with Crippen molar-refractivity contribution in [1.29, 1.82) is 0 Å². The summed E-state index contributed by atoms with van der Waals surface area (Å²) in [4.78, 5) is 22.9. The molecule has 21 heavy (non-hydrogen) atoms. The molecule has 1 aromatic heterocycles. The van der Waals surface area contributed by atoms with Gasteiger partial charge in [0.25, 0.3) is 5.91 Å². The summed E-state index contributed by atoms with van der Waals surface area (Å²) in [5, 5.41) is 20.1. The van der Waals surface area contributed by atoms with Crippen LogP contribution in [0.15, 0.2) is 48.7 Å². The van der Waals surface area contributed by atoms with E-state index >= 15 is 0 Å². The van der Waals surface area contributed by atoms with Crippen molar-refractivity contribution in [3.8, 4) is 0 Å². The number of carbonyl (C=O) groups excluding carboxylic acids is 1. The van der Waals surface area contributed by atoms with Gasteiger partial charge in [0.2, 0.25) is 0 Å². The summed E-state index contributed by atoms with van der Waals surface area (Å²) in [6, 6.07) is 11.6. The molecule has 1 unspecified atom stereocenters. The van der Waals surface area contributed by atoms with Crippen LogP contribution in [0.5, 0.6) is 0 Å². The van der Waals surface area contributed by atoms with Crippen LogP contribution in [0.2, 0.25) is 0 Å². The number of aliphatic hydroxyl groups excluding tert-OH is 1. The quantitative estimate of drug-likeness (QED) is 0.730. The van der Waals surface area contributed by atoms with Crippen molar-refractivity contribution >= 4 is 11.9 Å². The van der Waals surface area contributed by atoms with Crippen molar-refractivity contribution in [1.82, 2.24) is 9.88 Å². The third kappa shape index (κ3) is 3.70. The van der Waals surface area contributed by atoms with Crippen molar-refractivity contribution in [2.45, 2.75) is 12.6 Å². The lowest BCUT2D eigenvalue weighted by molar-refractivity contribution is -0.140. The summed E-state index contributed by atoms with van der Waals surface area (Å²) in [5.74, 6) is -1.80. The molecule has 110 valence electrons. The van der Waals surface area contributed by atoms with Gasteiger partial charge < -0.3 is 20.1 Å². The second-order valence-corrected chi connectivity index (χ2v) is 4.55. The molecule has 0 aliphatic rings. The Bertz CT molecular complexity index is 622. The Morgan fingerprint density at radius 3 is 2.48 bits per heavy atom. The van der Waals surface area contributed by atoms with E-state index in [2.05, 4.69) is 5.32 Å². The molecule has 0 aliphatic carbocycles. The van der Waals surface area contributed by atoms with Gasteiger partial charge in [0.05, 0.1) is 6.61 Å². The van der Waals surface area contributed by atoms with Crippen LogP contribution in [0.1, 0.15) is 16.1 Å². The van der Waals surface area contributed by atoms with Gasteiger partial charge >= 0.3 is 5.97 Å². The molecule has 0 saturated heterocycles. The predicted octanol–water partition coefficient (Wildman–Crippen LogP) is 0.712. The highest BCUT2D eigenvalue weighted by molar-refractivity contribution is 5.95. The lowest BCUT2D eigenvalue weighted by atomic mass is 10.2. The molecule has 2 aromatic rings. The number of aromatic nitrogens is 1. The third-order valence-electron chi connectivity index (χ3n) is 3.04. The van der Waals surface area contributed by atoms with E-state index in [0.717, 1.165) is 5.56 Å². The Kier molecular flexibility index (Phi) is 4.73. The molecular weight excluding hydrogens is 272 g/mol. The number of amides is 1. The van der Waals surface area contributed by atoms with Gasteiger partial charge in [0, 0.05) is 12.7 Å². The van der Waals surface area contributed by atoms with Crippen LogP contribution < -0.4 is 5.32 Å². The molecule has 2 rings (SSSR count). The number of carbonyl (C=O) groups is 2. The van der Waals surface area contributed by atoms with Crippen LogP contribution in [0.3, 0.4) is 0 Å². The monoisotopic (exact) mass is 288 g/mol. The summed E-state index contributed by atoms with van der Waals surface area (Å²) >= 11 is 0. The summed E-state index contributed by atoms with van der Waals surface area (Å²) in [6.07, 6.45) is 1.75. The largest absolute Gasteiger partial charge is 0.480 e. The molecule has 0 saturated carbocycles. The smallest absolute Gasteiger partial charge is 0.328 e. The van der Waals surface area contributed by atoms with Crippen molar-refractivity contribution in [3.63, 3.8) is 0 Å². The van der Waals surface area contributed by atoms with E-state index in [9.17, 15) is 9.59 Å². The lowest BCUT2D eigenvalue weighted by Crippen LogP contribution is -2.43. The minimum Gasteiger partial charge on any atom is -0.480 e. The van der Waals surface area contributed by atoms with Gasteiger partial charge in [0.1, 0.15) is 5.69 Å². The molecule has 0 aliphatic heterocycles. The first kappa shape index (κ1) is 14.8. The summed E-state index contributed by atoms with van der Waals surface area (Å²) < 4.78 is 1.72. The van der Waals surface area contributed by atoms with Gasteiger partial charge in [-0.1, -0.05) is 30.3 Å². The zero-order valence-corrected chi connectivity index (χ0v) is 11.3. The number of rotatable bonds is 6. The SMILES string of the molecule is O=C(NC(CO)C(=O)O)c1cccn1Cc1ccccc1. The Hall–Kier alpha value is -2.60. The van der Waals surface area contributed by atoms with Gasteiger partial charge in [-0.3, -0.25) is 4.79 Å². The highest BCUT2D eigenvalue weighted by Crippen LogP contribution is 2.08. The minimum atomic E-state index is -1.31. The van der Waals surface area contributed by atoms with Crippen molar-refractivity contribution < 1.29 is 19.8 Å². The topological polar surface area (TPSA) is 91.6 Å². The highest BCUT2D eigenvalue weighted by Gasteiger charge is 2.21. The van der Waals surface area contributed by atoms with Crippen LogP contribution in [0.4, 0.5) is 0 Å². The number of aliphatic carboxylic acids is 1. The maximum absolute atomic E-state index is 12.1. The molecular formula is C15H16N2O4. The maximum atomic E-state index is 12.1. The fourth-order valence-electron chi connectivity index (χ4n) is 1.96. The standard InChI is InChI=1S/C15H16N2O4/c18-10-12(15(20)21)16-14(19)13-7-4-8-17(13)9-11-5-2-1-3-6-11/h1-8,12,18H,9-10H2,(H,16,19)(H,20,21). The Labute approximate surface area is 121 Å². The average Bonchev–Trinajstić information content (AvgIpc) is 2.93. The number of nitrogens with one attached hydrogen (secondary N) is 1. The molecule has 1 aromatic carbocycles. The van der Waals surface area contributed by atoms with Gasteiger partial charge in [-0.15, -0.1) is 0 Å². The first-order valence-corrected chi connectivity index (χ1v) is 6.45. The minimum absolute atomic E-state index is 0.346. The number of carboxylic acid groups (broad SMARTS) is 1. The highest BCUT2D eigenvalue weighted by atomic mass is 16.4. The van der Waals surface area contributed by atoms with E-state index < -0.39 is 24.5 Å². The zero-order valence-electron chi connectivity index (χ0n) is 11.3. The number of aliphatic hydroxyl groups is 1. The number of hydrogen-bond donors (Lipinski definition) is 3. The molecule has 0 radical (unpaired) electrons. The Balaban J connectivity index is 2.12. The van der Waals surface area contributed by atoms with Crippen LogP contribution in [-0.2, 0) is 11.3 Å². The van der Waals surface area contributed by atoms with Crippen LogP contribution in [-0.4, -0.2) is 39.3 Å². The fourth-order valence-corrected chi connectivity index (χ4v) is 1.96. The molecule has 6 nitrogen and oxygen atoms in total. The molecule has 1 heterocycles. The van der Waals surface area contributed by atoms with Crippen LogP contribution in [0, 0.1) is 0 Å². The molecule has 0 fully saturated rings. The number of benzene rings is 1. The number of nitrogens with zero attached hydrogens (tertiary/aromatic N) is 1. The van der Waals surface area contributed by atoms with Gasteiger partial charge in [-0.25, -0.2) is 4.79 Å². The van der Waals surface area contributed by atoms with Gasteiger partial charge in [0.15, 0.2) is 6.04 Å². The van der Waals surface area contributed by atoms with Crippen LogP contribution in [0.25, 0.3) is 0 Å². The van der Waals surface area contributed by atoms with Gasteiger partial charge in [-0.05, 0) is 17.7 Å². The van der Waals surface area contributed by atoms with E-state index in [1.807, 2.05) is 30.3 Å². The number of carboxylic acids is 1. The Morgan fingerprint density at radius 2 is 1.86 bits per heavy atom. The summed E-state index contributed by atoms with van der Waals surface area (Å²) in [6.45, 7) is -0.145. The molecule has 6 heteroatoms. The van der Waals surface area contributed by atoms with E-state index in [0.29, 0.717) is 12.2 Å². The second kappa shape index (κ2) is 6.71. The average molecular weight is 288 g/mol. The van der Waals surface area contributed by atoms with Gasteiger partial charge in [-0.2, -0.15) is 0 Å². The fraction of sp³-hybridized carbons (Fsp3) is 0.200. The maximum Gasteiger partial charge on any atom is 0.328 e. The molecule has 1 amide bonds. The summed E-state index contributed by atoms with van der Waals surface area (Å²) in [7, 11) is 0. The molecule has 3 N–H and O–H groups in total.